The molecule has 1 aliphatic rings. The predicted molar refractivity (Wildman–Crippen MR) is 74.9 cm³/mol. The molecule has 1 fully saturated rings. The quantitative estimate of drug-likeness (QED) is 0.513. The Morgan fingerprint density at radius 3 is 2.68 bits per heavy atom. The standard InChI is InChI=1S/C13H17NO4S/c15-14(16)11-3-1-2-4-12(11)18-9-13(10-19)5-7-17-8-6-13/h1-4,19H,5-10H2. The summed E-state index contributed by atoms with van der Waals surface area (Å²) in [5.41, 5.74) is -0.0469. The minimum atomic E-state index is -0.424. The van der Waals surface area contributed by atoms with E-state index in [2.05, 4.69) is 12.6 Å². The summed E-state index contributed by atoms with van der Waals surface area (Å²) in [4.78, 5) is 10.5. The van der Waals surface area contributed by atoms with Crippen molar-refractivity contribution >= 4 is 18.3 Å². The molecule has 1 aromatic rings. The maximum absolute atomic E-state index is 10.9. The maximum Gasteiger partial charge on any atom is 0.310 e. The second-order valence-electron chi connectivity index (χ2n) is 4.78. The summed E-state index contributed by atoms with van der Waals surface area (Å²) in [5.74, 6) is 1.01. The third-order valence-corrected chi connectivity index (χ3v) is 4.16. The van der Waals surface area contributed by atoms with Crippen LogP contribution in [-0.2, 0) is 4.74 Å². The van der Waals surface area contributed by atoms with Crippen molar-refractivity contribution in [2.75, 3.05) is 25.6 Å². The largest absolute Gasteiger partial charge is 0.486 e. The molecule has 5 nitrogen and oxygen atoms in total. The molecular formula is C13H17NO4S. The van der Waals surface area contributed by atoms with Crippen LogP contribution in [0.5, 0.6) is 5.75 Å². The third kappa shape index (κ3) is 3.39. The van der Waals surface area contributed by atoms with Crippen LogP contribution in [0, 0.1) is 15.5 Å². The number of nitrogens with zero attached hydrogens (tertiary/aromatic N) is 1. The average molecular weight is 283 g/mol. The molecule has 0 unspecified atom stereocenters. The molecule has 2 rings (SSSR count). The van der Waals surface area contributed by atoms with Crippen molar-refractivity contribution in [2.45, 2.75) is 12.8 Å². The Balaban J connectivity index is 2.07. The van der Waals surface area contributed by atoms with Gasteiger partial charge in [-0.15, -0.1) is 0 Å². The van der Waals surface area contributed by atoms with E-state index in [1.807, 2.05) is 0 Å². The fraction of sp³-hybridized carbons (Fsp3) is 0.538. The van der Waals surface area contributed by atoms with Crippen LogP contribution in [0.4, 0.5) is 5.69 Å². The van der Waals surface area contributed by atoms with Crippen LogP contribution in [0.15, 0.2) is 24.3 Å². The molecule has 0 amide bonds. The van der Waals surface area contributed by atoms with Crippen molar-refractivity contribution < 1.29 is 14.4 Å². The topological polar surface area (TPSA) is 61.6 Å². The highest BCUT2D eigenvalue weighted by molar-refractivity contribution is 7.80. The van der Waals surface area contributed by atoms with Crippen LogP contribution in [0.3, 0.4) is 0 Å². The molecule has 0 atom stereocenters. The van der Waals surface area contributed by atoms with Gasteiger partial charge in [0.15, 0.2) is 5.75 Å². The van der Waals surface area contributed by atoms with Gasteiger partial charge in [-0.3, -0.25) is 10.1 Å². The van der Waals surface area contributed by atoms with Crippen molar-refractivity contribution in [3.8, 4) is 5.75 Å². The first-order valence-electron chi connectivity index (χ1n) is 6.22. The van der Waals surface area contributed by atoms with Crippen molar-refractivity contribution in [1.82, 2.24) is 0 Å². The van der Waals surface area contributed by atoms with Crippen molar-refractivity contribution in [3.63, 3.8) is 0 Å². The highest BCUT2D eigenvalue weighted by atomic mass is 32.1. The first kappa shape index (κ1) is 14.1. The summed E-state index contributed by atoms with van der Waals surface area (Å²) >= 11 is 4.39. The summed E-state index contributed by atoms with van der Waals surface area (Å²) in [6, 6.07) is 6.45. The van der Waals surface area contributed by atoms with E-state index in [4.69, 9.17) is 9.47 Å². The number of rotatable bonds is 5. The molecule has 6 heteroatoms. The molecule has 104 valence electrons. The van der Waals surface area contributed by atoms with Gasteiger partial charge in [0.1, 0.15) is 0 Å². The van der Waals surface area contributed by atoms with Crippen molar-refractivity contribution in [2.24, 2.45) is 5.41 Å². The van der Waals surface area contributed by atoms with Gasteiger partial charge < -0.3 is 9.47 Å². The molecule has 0 aromatic heterocycles. The molecule has 0 saturated carbocycles. The third-order valence-electron chi connectivity index (χ3n) is 3.48. The predicted octanol–water partition coefficient (Wildman–Crippen LogP) is 2.70. The summed E-state index contributed by atoms with van der Waals surface area (Å²) in [6.45, 7) is 1.83. The number of ether oxygens (including phenoxy) is 2. The number of nitro benzene ring substituents is 1. The van der Waals surface area contributed by atoms with E-state index in [9.17, 15) is 10.1 Å². The molecule has 0 aliphatic carbocycles. The van der Waals surface area contributed by atoms with Crippen LogP contribution in [0.25, 0.3) is 0 Å². The second-order valence-corrected chi connectivity index (χ2v) is 5.10. The highest BCUT2D eigenvalue weighted by Crippen LogP contribution is 2.34. The summed E-state index contributed by atoms with van der Waals surface area (Å²) in [7, 11) is 0. The van der Waals surface area contributed by atoms with Crippen LogP contribution >= 0.6 is 12.6 Å². The lowest BCUT2D eigenvalue weighted by atomic mass is 9.83. The number of hydrogen-bond donors (Lipinski definition) is 1. The fourth-order valence-electron chi connectivity index (χ4n) is 2.11. The molecular weight excluding hydrogens is 266 g/mol. The minimum Gasteiger partial charge on any atom is -0.486 e. The summed E-state index contributed by atoms with van der Waals surface area (Å²) in [5, 5.41) is 10.9. The number of nitro groups is 1. The van der Waals surface area contributed by atoms with Gasteiger partial charge >= 0.3 is 5.69 Å². The van der Waals surface area contributed by atoms with E-state index >= 15 is 0 Å². The maximum atomic E-state index is 10.9. The van der Waals surface area contributed by atoms with Gasteiger partial charge in [0, 0.05) is 24.7 Å². The van der Waals surface area contributed by atoms with Crippen molar-refractivity contribution in [1.29, 1.82) is 0 Å². The van der Waals surface area contributed by atoms with E-state index in [0.717, 1.165) is 12.8 Å². The molecule has 0 N–H and O–H groups in total. The van der Waals surface area contributed by atoms with E-state index in [1.54, 1.807) is 18.2 Å². The average Bonchev–Trinajstić information content (AvgIpc) is 2.46. The monoisotopic (exact) mass is 283 g/mol. The SMILES string of the molecule is O=[N+]([O-])c1ccccc1OCC1(CS)CCOCC1. The molecule has 0 radical (unpaired) electrons. The molecule has 0 spiro atoms. The van der Waals surface area contributed by atoms with Crippen molar-refractivity contribution in [3.05, 3.63) is 34.4 Å². The Morgan fingerprint density at radius 2 is 2.05 bits per heavy atom. The highest BCUT2D eigenvalue weighted by Gasteiger charge is 2.32. The molecule has 1 heterocycles. The first-order chi connectivity index (χ1) is 9.17. The normalized spacial score (nSPS) is 17.9. The molecule has 1 aromatic carbocycles. The molecule has 19 heavy (non-hydrogen) atoms. The number of hydrogen-bond acceptors (Lipinski definition) is 5. The van der Waals surface area contributed by atoms with Crippen LogP contribution in [-0.4, -0.2) is 30.5 Å². The smallest absolute Gasteiger partial charge is 0.310 e. The van der Waals surface area contributed by atoms with Crippen LogP contribution < -0.4 is 4.74 Å². The van der Waals surface area contributed by atoms with Gasteiger partial charge in [-0.2, -0.15) is 12.6 Å². The second kappa shape index (κ2) is 6.25. The van der Waals surface area contributed by atoms with E-state index in [0.29, 0.717) is 31.3 Å². The number of thiol groups is 1. The number of para-hydroxylation sites is 2. The van der Waals surface area contributed by atoms with E-state index in [1.165, 1.54) is 6.07 Å². The Labute approximate surface area is 117 Å². The Morgan fingerprint density at radius 1 is 1.37 bits per heavy atom. The summed E-state index contributed by atoms with van der Waals surface area (Å²) < 4.78 is 11.0. The lowest BCUT2D eigenvalue weighted by Gasteiger charge is -2.35. The van der Waals surface area contributed by atoms with E-state index < -0.39 is 4.92 Å². The van der Waals surface area contributed by atoms with Gasteiger partial charge in [-0.1, -0.05) is 12.1 Å². The lowest BCUT2D eigenvalue weighted by Crippen LogP contribution is -2.36. The Bertz CT molecular complexity index is 446. The van der Waals surface area contributed by atoms with Gasteiger partial charge in [-0.05, 0) is 24.7 Å². The Kier molecular flexibility index (Phi) is 4.66. The van der Waals surface area contributed by atoms with Crippen LogP contribution in [0.2, 0.25) is 0 Å². The number of benzene rings is 1. The fourth-order valence-corrected chi connectivity index (χ4v) is 2.52. The van der Waals surface area contributed by atoms with Crippen LogP contribution in [0.1, 0.15) is 12.8 Å². The zero-order chi connectivity index (χ0) is 13.7. The molecule has 1 aliphatic heterocycles. The minimum absolute atomic E-state index is 0.00359. The first-order valence-corrected chi connectivity index (χ1v) is 6.85. The Hall–Kier alpha value is -1.27. The van der Waals surface area contributed by atoms with Gasteiger partial charge in [0.25, 0.3) is 0 Å². The van der Waals surface area contributed by atoms with Gasteiger partial charge in [0.05, 0.1) is 11.5 Å². The molecule has 1 saturated heterocycles. The molecule has 0 bridgehead atoms. The van der Waals surface area contributed by atoms with Gasteiger partial charge in [0.2, 0.25) is 0 Å². The zero-order valence-electron chi connectivity index (χ0n) is 10.6. The summed E-state index contributed by atoms with van der Waals surface area (Å²) in [6.07, 6.45) is 1.74. The lowest BCUT2D eigenvalue weighted by molar-refractivity contribution is -0.386. The van der Waals surface area contributed by atoms with E-state index in [-0.39, 0.29) is 11.1 Å². The zero-order valence-corrected chi connectivity index (χ0v) is 11.5. The van der Waals surface area contributed by atoms with Gasteiger partial charge in [-0.25, -0.2) is 0 Å².